The molecular weight excluding hydrogens is 242 g/mol. The van der Waals surface area contributed by atoms with Crippen molar-refractivity contribution in [2.75, 3.05) is 62.3 Å². The average molecular weight is 263 g/mol. The minimum absolute atomic E-state index is 0.334. The van der Waals surface area contributed by atoms with Gasteiger partial charge in [0.15, 0.2) is 0 Å². The van der Waals surface area contributed by atoms with E-state index in [2.05, 4.69) is 15.1 Å². The molecule has 5 nitrogen and oxygen atoms in total. The number of rotatable bonds is 2. The summed E-state index contributed by atoms with van der Waals surface area (Å²) >= 11 is 0. The van der Waals surface area contributed by atoms with Crippen LogP contribution in [0.4, 0.5) is 11.4 Å². The predicted molar refractivity (Wildman–Crippen MR) is 76.2 cm³/mol. The second kappa shape index (κ2) is 5.67. The molecule has 2 fully saturated rings. The van der Waals surface area contributed by atoms with E-state index in [9.17, 15) is 5.11 Å². The summed E-state index contributed by atoms with van der Waals surface area (Å²) in [5.74, 6) is 0.334. The van der Waals surface area contributed by atoms with E-state index in [1.807, 2.05) is 12.1 Å². The third-order valence-corrected chi connectivity index (χ3v) is 3.77. The fraction of sp³-hybridized carbons (Fsp3) is 0.571. The van der Waals surface area contributed by atoms with Crippen LogP contribution in [0.25, 0.3) is 0 Å². The van der Waals surface area contributed by atoms with Gasteiger partial charge in [-0.2, -0.15) is 0 Å². The second-order valence-corrected chi connectivity index (χ2v) is 5.01. The van der Waals surface area contributed by atoms with Crippen LogP contribution in [-0.4, -0.2) is 57.6 Å². The summed E-state index contributed by atoms with van der Waals surface area (Å²) in [5.41, 5.74) is 2.35. The van der Waals surface area contributed by atoms with E-state index in [1.165, 1.54) is 5.69 Å². The van der Waals surface area contributed by atoms with Crippen molar-refractivity contribution in [2.24, 2.45) is 0 Å². The predicted octanol–water partition coefficient (Wildman–Crippen LogP) is 0.638. The van der Waals surface area contributed by atoms with Gasteiger partial charge in [0.05, 0.1) is 24.6 Å². The molecule has 0 unspecified atom stereocenters. The maximum atomic E-state index is 9.78. The molecule has 0 aromatic heterocycles. The molecule has 19 heavy (non-hydrogen) atoms. The number of ether oxygens (including phenoxy) is 1. The van der Waals surface area contributed by atoms with Crippen molar-refractivity contribution in [1.29, 1.82) is 0 Å². The van der Waals surface area contributed by atoms with Crippen LogP contribution in [-0.2, 0) is 4.74 Å². The highest BCUT2D eigenvalue weighted by molar-refractivity contribution is 5.73. The van der Waals surface area contributed by atoms with Gasteiger partial charge in [-0.3, -0.25) is 0 Å². The molecule has 5 heteroatoms. The van der Waals surface area contributed by atoms with Crippen LogP contribution in [0.15, 0.2) is 18.2 Å². The van der Waals surface area contributed by atoms with E-state index in [0.717, 1.165) is 58.2 Å². The van der Waals surface area contributed by atoms with E-state index in [1.54, 1.807) is 6.07 Å². The molecule has 1 aromatic rings. The average Bonchev–Trinajstić information content (AvgIpc) is 2.49. The van der Waals surface area contributed by atoms with Gasteiger partial charge in [0.1, 0.15) is 5.75 Å². The van der Waals surface area contributed by atoms with Crippen molar-refractivity contribution in [3.05, 3.63) is 18.2 Å². The van der Waals surface area contributed by atoms with E-state index in [0.29, 0.717) is 5.75 Å². The van der Waals surface area contributed by atoms with Gasteiger partial charge in [0.25, 0.3) is 0 Å². The number of benzene rings is 1. The molecule has 2 saturated heterocycles. The molecule has 104 valence electrons. The maximum Gasteiger partial charge on any atom is 0.117 e. The van der Waals surface area contributed by atoms with Crippen LogP contribution in [0, 0.1) is 0 Å². The monoisotopic (exact) mass is 263 g/mol. The standard InChI is InChI=1S/C14H21N3O2/c18-12-1-2-13(16-5-3-15-4-6-16)14(11-12)17-7-9-19-10-8-17/h1-2,11,15,18H,3-10H2. The Morgan fingerprint density at radius 2 is 1.63 bits per heavy atom. The van der Waals surface area contributed by atoms with Gasteiger partial charge in [0.2, 0.25) is 0 Å². The lowest BCUT2D eigenvalue weighted by atomic mass is 10.2. The van der Waals surface area contributed by atoms with Crippen molar-refractivity contribution in [3.8, 4) is 5.75 Å². The first-order chi connectivity index (χ1) is 9.34. The fourth-order valence-corrected chi connectivity index (χ4v) is 2.74. The summed E-state index contributed by atoms with van der Waals surface area (Å²) in [6, 6.07) is 5.69. The first kappa shape index (κ1) is 12.6. The Morgan fingerprint density at radius 1 is 0.947 bits per heavy atom. The second-order valence-electron chi connectivity index (χ2n) is 5.01. The number of piperazine rings is 1. The number of hydrogen-bond donors (Lipinski definition) is 2. The molecule has 3 rings (SSSR count). The Labute approximate surface area is 113 Å². The molecule has 0 radical (unpaired) electrons. The Kier molecular flexibility index (Phi) is 3.75. The number of nitrogens with one attached hydrogen (secondary N) is 1. The first-order valence-corrected chi connectivity index (χ1v) is 6.96. The molecule has 0 bridgehead atoms. The van der Waals surface area contributed by atoms with Crippen LogP contribution in [0.5, 0.6) is 5.75 Å². The van der Waals surface area contributed by atoms with Crippen molar-refractivity contribution >= 4 is 11.4 Å². The smallest absolute Gasteiger partial charge is 0.117 e. The third-order valence-electron chi connectivity index (χ3n) is 3.77. The summed E-state index contributed by atoms with van der Waals surface area (Å²) in [7, 11) is 0. The van der Waals surface area contributed by atoms with Gasteiger partial charge in [-0.25, -0.2) is 0 Å². The maximum absolute atomic E-state index is 9.78. The zero-order valence-electron chi connectivity index (χ0n) is 11.1. The van der Waals surface area contributed by atoms with Gasteiger partial charge in [-0.1, -0.05) is 0 Å². The first-order valence-electron chi connectivity index (χ1n) is 6.96. The van der Waals surface area contributed by atoms with Gasteiger partial charge < -0.3 is 25.0 Å². The molecule has 2 heterocycles. The molecule has 0 amide bonds. The normalized spacial score (nSPS) is 20.6. The van der Waals surface area contributed by atoms with Crippen LogP contribution in [0.3, 0.4) is 0 Å². The molecule has 0 atom stereocenters. The van der Waals surface area contributed by atoms with E-state index in [-0.39, 0.29) is 0 Å². The van der Waals surface area contributed by atoms with Gasteiger partial charge in [-0.05, 0) is 12.1 Å². The third kappa shape index (κ3) is 2.77. The highest BCUT2D eigenvalue weighted by Crippen LogP contribution is 2.33. The summed E-state index contributed by atoms with van der Waals surface area (Å²) in [6.45, 7) is 7.37. The van der Waals surface area contributed by atoms with E-state index < -0.39 is 0 Å². The van der Waals surface area contributed by atoms with Crippen molar-refractivity contribution in [3.63, 3.8) is 0 Å². The highest BCUT2D eigenvalue weighted by atomic mass is 16.5. The quantitative estimate of drug-likeness (QED) is 0.820. The molecule has 2 aliphatic rings. The lowest BCUT2D eigenvalue weighted by Crippen LogP contribution is -2.44. The van der Waals surface area contributed by atoms with E-state index >= 15 is 0 Å². The number of nitrogens with zero attached hydrogens (tertiary/aromatic N) is 2. The van der Waals surface area contributed by atoms with Crippen LogP contribution >= 0.6 is 0 Å². The van der Waals surface area contributed by atoms with Crippen LogP contribution in [0.1, 0.15) is 0 Å². The zero-order valence-corrected chi connectivity index (χ0v) is 11.1. The van der Waals surface area contributed by atoms with Crippen LogP contribution < -0.4 is 15.1 Å². The van der Waals surface area contributed by atoms with Crippen molar-refractivity contribution in [1.82, 2.24) is 5.32 Å². The number of morpholine rings is 1. The Morgan fingerprint density at radius 3 is 2.37 bits per heavy atom. The van der Waals surface area contributed by atoms with Crippen molar-refractivity contribution in [2.45, 2.75) is 0 Å². The lowest BCUT2D eigenvalue weighted by Gasteiger charge is -2.36. The van der Waals surface area contributed by atoms with Gasteiger partial charge in [-0.15, -0.1) is 0 Å². The topological polar surface area (TPSA) is 48.0 Å². The summed E-state index contributed by atoms with van der Waals surface area (Å²) < 4.78 is 5.41. The van der Waals surface area contributed by atoms with E-state index in [4.69, 9.17) is 4.74 Å². The number of anilines is 2. The van der Waals surface area contributed by atoms with Gasteiger partial charge >= 0.3 is 0 Å². The number of phenolic OH excluding ortho intramolecular Hbond substituents is 1. The molecule has 0 aliphatic carbocycles. The van der Waals surface area contributed by atoms with Crippen molar-refractivity contribution < 1.29 is 9.84 Å². The highest BCUT2D eigenvalue weighted by Gasteiger charge is 2.20. The summed E-state index contributed by atoms with van der Waals surface area (Å²) in [4.78, 5) is 4.70. The Bertz CT molecular complexity index is 427. The minimum Gasteiger partial charge on any atom is -0.508 e. The molecule has 0 spiro atoms. The number of aromatic hydroxyl groups is 1. The van der Waals surface area contributed by atoms with Crippen LogP contribution in [0.2, 0.25) is 0 Å². The SMILES string of the molecule is Oc1ccc(N2CCNCC2)c(N2CCOCC2)c1. The molecule has 0 saturated carbocycles. The largest absolute Gasteiger partial charge is 0.508 e. The molecular formula is C14H21N3O2. The summed E-state index contributed by atoms with van der Waals surface area (Å²) in [6.07, 6.45) is 0. The summed E-state index contributed by atoms with van der Waals surface area (Å²) in [5, 5.41) is 13.1. The number of hydrogen-bond acceptors (Lipinski definition) is 5. The Hall–Kier alpha value is -1.46. The minimum atomic E-state index is 0.334. The lowest BCUT2D eigenvalue weighted by molar-refractivity contribution is 0.122. The number of phenols is 1. The molecule has 1 aromatic carbocycles. The van der Waals surface area contributed by atoms with Gasteiger partial charge in [0, 0.05) is 45.3 Å². The molecule has 2 N–H and O–H groups in total. The molecule has 2 aliphatic heterocycles. The fourth-order valence-electron chi connectivity index (χ4n) is 2.74. The Balaban J connectivity index is 1.88. The zero-order chi connectivity index (χ0) is 13.1.